The molecule has 0 amide bonds. The number of allylic oxidation sites excluding steroid dienone is 1. The molecule has 3 rings (SSSR count). The summed E-state index contributed by atoms with van der Waals surface area (Å²) < 4.78 is 5.58. The molecule has 0 aromatic carbocycles. The number of nitrogens with zero attached hydrogens (tertiary/aromatic N) is 3. The first-order valence-corrected chi connectivity index (χ1v) is 8.08. The number of likely N-dealkylation sites (tertiary alicyclic amines) is 1. The number of hydrogen-bond acceptors (Lipinski definition) is 6. The zero-order valence-electron chi connectivity index (χ0n) is 14.0. The van der Waals surface area contributed by atoms with Crippen molar-refractivity contribution in [2.75, 3.05) is 20.2 Å². The topological polar surface area (TPSA) is 86.5 Å². The fourth-order valence-electron chi connectivity index (χ4n) is 3.35. The standard InChI is InChI=1S/C18H21N3O3/c1-18(24-2)3-5-21(6-4-18)17-14-8-13(11-22)20-10-12(14)7-16(23)15(17)9-19/h8,10,22H,3-7,11H2,1-2H3. The number of fused-ring (bicyclic) bond motifs is 1. The molecule has 126 valence electrons. The van der Waals surface area contributed by atoms with Gasteiger partial charge < -0.3 is 14.7 Å². The Morgan fingerprint density at radius 3 is 2.75 bits per heavy atom. The summed E-state index contributed by atoms with van der Waals surface area (Å²) in [6.07, 6.45) is 3.47. The smallest absolute Gasteiger partial charge is 0.179 e. The van der Waals surface area contributed by atoms with Crippen LogP contribution >= 0.6 is 0 Å². The molecule has 0 unspecified atom stereocenters. The molecule has 0 bridgehead atoms. The molecule has 1 aliphatic heterocycles. The second kappa shape index (κ2) is 6.34. The average molecular weight is 327 g/mol. The molecule has 1 fully saturated rings. The molecule has 1 saturated heterocycles. The summed E-state index contributed by atoms with van der Waals surface area (Å²) >= 11 is 0. The second-order valence-electron chi connectivity index (χ2n) is 6.57. The average Bonchev–Trinajstić information content (AvgIpc) is 2.61. The number of aliphatic hydroxyl groups excluding tert-OH is 1. The summed E-state index contributed by atoms with van der Waals surface area (Å²) in [6, 6.07) is 3.88. The molecule has 6 heteroatoms. The van der Waals surface area contributed by atoms with Gasteiger partial charge in [-0.3, -0.25) is 9.78 Å². The summed E-state index contributed by atoms with van der Waals surface area (Å²) in [6.45, 7) is 3.35. The van der Waals surface area contributed by atoms with Crippen molar-refractivity contribution in [2.45, 2.75) is 38.4 Å². The molecule has 0 atom stereocenters. The first-order valence-electron chi connectivity index (χ1n) is 8.08. The molecule has 1 N–H and O–H groups in total. The monoisotopic (exact) mass is 327 g/mol. The van der Waals surface area contributed by atoms with Crippen LogP contribution < -0.4 is 0 Å². The van der Waals surface area contributed by atoms with Crippen molar-refractivity contribution in [2.24, 2.45) is 0 Å². The van der Waals surface area contributed by atoms with Crippen molar-refractivity contribution < 1.29 is 14.6 Å². The van der Waals surface area contributed by atoms with Gasteiger partial charge in [0.15, 0.2) is 5.78 Å². The maximum atomic E-state index is 12.4. The molecule has 0 spiro atoms. The molecule has 6 nitrogen and oxygen atoms in total. The molecule has 2 heterocycles. The molecule has 1 aliphatic carbocycles. The lowest BCUT2D eigenvalue weighted by molar-refractivity contribution is -0.114. The van der Waals surface area contributed by atoms with Crippen LogP contribution in [0.3, 0.4) is 0 Å². The fraction of sp³-hybridized carbons (Fsp3) is 0.500. The number of Topliss-reactive ketones (excluding diaryl/α,β-unsaturated/α-hetero) is 1. The minimum absolute atomic E-state index is 0.167. The molecule has 1 aromatic heterocycles. The van der Waals surface area contributed by atoms with Gasteiger partial charge in [-0.1, -0.05) is 0 Å². The van der Waals surface area contributed by atoms with Gasteiger partial charge in [0.25, 0.3) is 0 Å². The van der Waals surface area contributed by atoms with Crippen LogP contribution in [0, 0.1) is 11.3 Å². The first-order chi connectivity index (χ1) is 11.5. The Labute approximate surface area is 141 Å². The van der Waals surface area contributed by atoms with Gasteiger partial charge in [0.2, 0.25) is 0 Å². The number of pyridine rings is 1. The van der Waals surface area contributed by atoms with Gasteiger partial charge in [0.1, 0.15) is 11.6 Å². The van der Waals surface area contributed by atoms with Crippen LogP contribution in [-0.4, -0.2) is 46.6 Å². The van der Waals surface area contributed by atoms with Crippen molar-refractivity contribution in [3.05, 3.63) is 34.7 Å². The third-order valence-corrected chi connectivity index (χ3v) is 5.07. The number of aliphatic hydroxyl groups is 1. The van der Waals surface area contributed by atoms with Gasteiger partial charge in [-0.15, -0.1) is 0 Å². The van der Waals surface area contributed by atoms with E-state index in [-0.39, 0.29) is 30.0 Å². The minimum atomic E-state index is -0.169. The predicted molar refractivity (Wildman–Crippen MR) is 87.6 cm³/mol. The zero-order valence-corrected chi connectivity index (χ0v) is 14.0. The Balaban J connectivity index is 2.04. The number of methoxy groups -OCH3 is 1. The normalized spacial score (nSPS) is 19.9. The predicted octanol–water partition coefficient (Wildman–Crippen LogP) is 1.43. The molecular weight excluding hydrogens is 306 g/mol. The Hall–Kier alpha value is -2.23. The largest absolute Gasteiger partial charge is 0.390 e. The lowest BCUT2D eigenvalue weighted by Gasteiger charge is -2.41. The maximum Gasteiger partial charge on any atom is 0.179 e. The first kappa shape index (κ1) is 16.6. The molecule has 0 saturated carbocycles. The van der Waals surface area contributed by atoms with Crippen molar-refractivity contribution >= 4 is 11.5 Å². The van der Waals surface area contributed by atoms with E-state index in [0.717, 1.165) is 24.0 Å². The molecular formula is C18H21N3O3. The SMILES string of the molecule is COC1(C)CCN(C2=C(C#N)C(=O)Cc3cnc(CO)cc32)CC1. The van der Waals surface area contributed by atoms with Gasteiger partial charge in [-0.25, -0.2) is 0 Å². The van der Waals surface area contributed by atoms with E-state index >= 15 is 0 Å². The van der Waals surface area contributed by atoms with Crippen LogP contribution in [0.5, 0.6) is 0 Å². The number of carbonyl (C=O) groups is 1. The highest BCUT2D eigenvalue weighted by atomic mass is 16.5. The molecule has 2 aliphatic rings. The summed E-state index contributed by atoms with van der Waals surface area (Å²) in [5.74, 6) is -0.168. The maximum absolute atomic E-state index is 12.4. The van der Waals surface area contributed by atoms with E-state index in [4.69, 9.17) is 4.74 Å². The second-order valence-corrected chi connectivity index (χ2v) is 6.57. The number of ether oxygens (including phenoxy) is 1. The van der Waals surface area contributed by atoms with Crippen molar-refractivity contribution in [1.29, 1.82) is 5.26 Å². The van der Waals surface area contributed by atoms with E-state index in [0.29, 0.717) is 24.5 Å². The van der Waals surface area contributed by atoms with Gasteiger partial charge in [0, 0.05) is 38.4 Å². The summed E-state index contributed by atoms with van der Waals surface area (Å²) in [5, 5.41) is 18.9. The number of nitriles is 1. The van der Waals surface area contributed by atoms with Crippen LogP contribution in [0.1, 0.15) is 36.6 Å². The number of carbonyl (C=O) groups excluding carboxylic acids is 1. The number of aromatic nitrogens is 1. The lowest BCUT2D eigenvalue weighted by atomic mass is 9.86. The van der Waals surface area contributed by atoms with Crippen LogP contribution in [0.15, 0.2) is 17.8 Å². The third kappa shape index (κ3) is 2.81. The zero-order chi connectivity index (χ0) is 17.3. The Morgan fingerprint density at radius 2 is 2.17 bits per heavy atom. The van der Waals surface area contributed by atoms with Crippen LogP contribution in [0.4, 0.5) is 0 Å². The van der Waals surface area contributed by atoms with E-state index in [1.54, 1.807) is 19.4 Å². The van der Waals surface area contributed by atoms with Gasteiger partial charge in [-0.2, -0.15) is 5.26 Å². The summed E-state index contributed by atoms with van der Waals surface area (Å²) in [4.78, 5) is 18.6. The summed E-state index contributed by atoms with van der Waals surface area (Å²) in [5.41, 5.74) is 2.91. The van der Waals surface area contributed by atoms with Gasteiger partial charge in [-0.05, 0) is 31.4 Å². The van der Waals surface area contributed by atoms with Crippen LogP contribution in [-0.2, 0) is 22.6 Å². The lowest BCUT2D eigenvalue weighted by Crippen LogP contribution is -2.43. The Bertz CT molecular complexity index is 740. The number of piperidine rings is 1. The highest BCUT2D eigenvalue weighted by Gasteiger charge is 2.35. The minimum Gasteiger partial charge on any atom is -0.390 e. The molecule has 1 aromatic rings. The highest BCUT2D eigenvalue weighted by Crippen LogP contribution is 2.36. The highest BCUT2D eigenvalue weighted by molar-refractivity contribution is 6.09. The van der Waals surface area contributed by atoms with Crippen molar-refractivity contribution in [1.82, 2.24) is 9.88 Å². The number of ketones is 1. The third-order valence-electron chi connectivity index (χ3n) is 5.07. The van der Waals surface area contributed by atoms with Crippen molar-refractivity contribution in [3.63, 3.8) is 0 Å². The molecule has 0 radical (unpaired) electrons. The Kier molecular flexibility index (Phi) is 4.39. The Morgan fingerprint density at radius 1 is 1.46 bits per heavy atom. The quantitative estimate of drug-likeness (QED) is 0.904. The van der Waals surface area contributed by atoms with Gasteiger partial charge >= 0.3 is 0 Å². The van der Waals surface area contributed by atoms with E-state index in [2.05, 4.69) is 22.9 Å². The van der Waals surface area contributed by atoms with E-state index in [1.165, 1.54) is 0 Å². The number of rotatable bonds is 3. The van der Waals surface area contributed by atoms with E-state index in [9.17, 15) is 15.2 Å². The van der Waals surface area contributed by atoms with Crippen LogP contribution in [0.25, 0.3) is 5.70 Å². The van der Waals surface area contributed by atoms with E-state index in [1.807, 2.05) is 0 Å². The fourth-order valence-corrected chi connectivity index (χ4v) is 3.35. The van der Waals surface area contributed by atoms with Crippen LogP contribution in [0.2, 0.25) is 0 Å². The number of hydrogen-bond donors (Lipinski definition) is 1. The van der Waals surface area contributed by atoms with E-state index < -0.39 is 0 Å². The van der Waals surface area contributed by atoms with Crippen molar-refractivity contribution in [3.8, 4) is 6.07 Å². The summed E-state index contributed by atoms with van der Waals surface area (Å²) in [7, 11) is 1.72. The van der Waals surface area contributed by atoms with Gasteiger partial charge in [0.05, 0.1) is 23.6 Å². The molecule has 24 heavy (non-hydrogen) atoms.